The molecule has 2 aromatic rings. The highest BCUT2D eigenvalue weighted by Crippen LogP contribution is 2.20. The summed E-state index contributed by atoms with van der Waals surface area (Å²) < 4.78 is 15.5. The Kier molecular flexibility index (Phi) is 5.10. The van der Waals surface area contributed by atoms with E-state index >= 15 is 0 Å². The van der Waals surface area contributed by atoms with Crippen LogP contribution in [0.1, 0.15) is 24.1 Å². The van der Waals surface area contributed by atoms with Crippen LogP contribution in [0.25, 0.3) is 0 Å². The monoisotopic (exact) mass is 330 g/mol. The fourth-order valence-electron chi connectivity index (χ4n) is 2.54. The van der Waals surface area contributed by atoms with Crippen molar-refractivity contribution in [1.29, 1.82) is 0 Å². The van der Waals surface area contributed by atoms with Crippen LogP contribution in [0.3, 0.4) is 0 Å². The Morgan fingerprint density at radius 1 is 1.29 bits per heavy atom. The molecule has 0 N–H and O–H groups in total. The summed E-state index contributed by atoms with van der Waals surface area (Å²) in [6.07, 6.45) is 2.96. The smallest absolute Gasteiger partial charge is 0.413 e. The number of benzene rings is 1. The summed E-state index contributed by atoms with van der Waals surface area (Å²) in [4.78, 5) is 29.5. The molecular formula is C17H18N2O5. The van der Waals surface area contributed by atoms with Gasteiger partial charge in [0.1, 0.15) is 12.9 Å². The number of carbonyl (C=O) groups is 2. The number of likely N-dealkylation sites (tertiary alicyclic amines) is 1. The number of rotatable bonds is 5. The van der Waals surface area contributed by atoms with Crippen LogP contribution in [0, 0.1) is 0 Å². The second-order valence-electron chi connectivity index (χ2n) is 5.48. The minimum Gasteiger partial charge on any atom is -0.451 e. The number of amides is 1. The molecular weight excluding hydrogens is 312 g/mol. The first-order valence-electron chi connectivity index (χ1n) is 7.76. The fourth-order valence-corrected chi connectivity index (χ4v) is 2.54. The van der Waals surface area contributed by atoms with Crippen molar-refractivity contribution in [2.45, 2.75) is 32.1 Å². The first kappa shape index (κ1) is 16.0. The molecule has 7 heteroatoms. The van der Waals surface area contributed by atoms with Crippen LogP contribution < -0.4 is 0 Å². The second-order valence-corrected chi connectivity index (χ2v) is 5.48. The molecule has 1 fully saturated rings. The molecule has 1 aliphatic rings. The molecule has 24 heavy (non-hydrogen) atoms. The number of ether oxygens (including phenoxy) is 2. The van der Waals surface area contributed by atoms with E-state index in [4.69, 9.17) is 13.9 Å². The molecule has 0 aliphatic carbocycles. The molecule has 1 atom stereocenters. The highest BCUT2D eigenvalue weighted by Gasteiger charge is 2.32. The predicted octanol–water partition coefficient (Wildman–Crippen LogP) is 2.52. The van der Waals surface area contributed by atoms with Gasteiger partial charge in [0.05, 0.1) is 12.1 Å². The van der Waals surface area contributed by atoms with E-state index in [0.717, 1.165) is 12.0 Å². The molecule has 1 aromatic heterocycles. The maximum atomic E-state index is 12.2. The summed E-state index contributed by atoms with van der Waals surface area (Å²) in [6.45, 7) is 0.700. The third-order valence-corrected chi connectivity index (χ3v) is 3.71. The van der Waals surface area contributed by atoms with E-state index < -0.39 is 18.3 Å². The lowest BCUT2D eigenvalue weighted by Gasteiger charge is -2.23. The van der Waals surface area contributed by atoms with Gasteiger partial charge in [-0.2, -0.15) is 0 Å². The van der Waals surface area contributed by atoms with E-state index in [9.17, 15) is 9.59 Å². The van der Waals surface area contributed by atoms with Crippen LogP contribution in [0.5, 0.6) is 0 Å². The summed E-state index contributed by atoms with van der Waals surface area (Å²) in [6, 6.07) is 9.43. The zero-order valence-corrected chi connectivity index (χ0v) is 13.1. The molecule has 0 saturated carbocycles. The van der Waals surface area contributed by atoms with E-state index in [0.29, 0.717) is 18.7 Å². The van der Waals surface area contributed by atoms with Crippen molar-refractivity contribution in [3.8, 4) is 0 Å². The standard InChI is InChI=1S/C17H18N2O5/c20-16(9-14-11-22-12-18-14)24-15-7-4-8-19(15)17(21)23-10-13-5-2-1-3-6-13/h1-3,5-6,11-12,15H,4,7-10H2. The molecule has 1 amide bonds. The molecule has 1 saturated heterocycles. The minimum absolute atomic E-state index is 0.0138. The van der Waals surface area contributed by atoms with Gasteiger partial charge in [0, 0.05) is 13.0 Å². The van der Waals surface area contributed by atoms with Gasteiger partial charge in [-0.25, -0.2) is 9.78 Å². The van der Waals surface area contributed by atoms with E-state index in [-0.39, 0.29) is 13.0 Å². The van der Waals surface area contributed by atoms with Crippen LogP contribution in [0.15, 0.2) is 47.4 Å². The normalized spacial score (nSPS) is 16.8. The van der Waals surface area contributed by atoms with Gasteiger partial charge in [0.2, 0.25) is 0 Å². The molecule has 0 bridgehead atoms. The lowest BCUT2D eigenvalue weighted by atomic mass is 10.2. The Hall–Kier alpha value is -2.83. The Morgan fingerprint density at radius 2 is 2.12 bits per heavy atom. The molecule has 1 unspecified atom stereocenters. The number of oxazole rings is 1. The summed E-state index contributed by atoms with van der Waals surface area (Å²) in [5, 5.41) is 0. The van der Waals surface area contributed by atoms with Gasteiger partial charge < -0.3 is 13.9 Å². The highest BCUT2D eigenvalue weighted by atomic mass is 16.6. The zero-order valence-electron chi connectivity index (χ0n) is 13.1. The maximum absolute atomic E-state index is 12.2. The Balaban J connectivity index is 1.50. The minimum atomic E-state index is -0.590. The first-order valence-corrected chi connectivity index (χ1v) is 7.76. The van der Waals surface area contributed by atoms with Crippen molar-refractivity contribution < 1.29 is 23.5 Å². The molecule has 3 rings (SSSR count). The second kappa shape index (κ2) is 7.63. The van der Waals surface area contributed by atoms with Crippen LogP contribution in [0.2, 0.25) is 0 Å². The number of nitrogens with zero attached hydrogens (tertiary/aromatic N) is 2. The van der Waals surface area contributed by atoms with E-state index in [1.165, 1.54) is 17.6 Å². The summed E-state index contributed by atoms with van der Waals surface area (Å²) in [5.41, 5.74) is 1.40. The number of esters is 1. The van der Waals surface area contributed by atoms with Gasteiger partial charge in [-0.05, 0) is 12.0 Å². The van der Waals surface area contributed by atoms with Gasteiger partial charge in [0.15, 0.2) is 12.6 Å². The summed E-state index contributed by atoms with van der Waals surface area (Å²) >= 11 is 0. The molecule has 0 radical (unpaired) electrons. The highest BCUT2D eigenvalue weighted by molar-refractivity contribution is 5.73. The van der Waals surface area contributed by atoms with Crippen LogP contribution in [0.4, 0.5) is 4.79 Å². The lowest BCUT2D eigenvalue weighted by Crippen LogP contribution is -2.39. The van der Waals surface area contributed by atoms with Crippen molar-refractivity contribution in [1.82, 2.24) is 9.88 Å². The predicted molar refractivity (Wildman–Crippen MR) is 82.7 cm³/mol. The van der Waals surface area contributed by atoms with Crippen LogP contribution in [-0.4, -0.2) is 34.7 Å². The van der Waals surface area contributed by atoms with Crippen LogP contribution >= 0.6 is 0 Å². The molecule has 1 aromatic carbocycles. The zero-order chi connectivity index (χ0) is 16.8. The number of carbonyl (C=O) groups excluding carboxylic acids is 2. The van der Waals surface area contributed by atoms with E-state index in [2.05, 4.69) is 4.98 Å². The fraction of sp³-hybridized carbons (Fsp3) is 0.353. The number of hydrogen-bond acceptors (Lipinski definition) is 6. The third kappa shape index (κ3) is 4.13. The first-order chi connectivity index (χ1) is 11.7. The van der Waals surface area contributed by atoms with Crippen molar-refractivity contribution in [3.63, 3.8) is 0 Å². The SMILES string of the molecule is O=C(Cc1cocn1)OC1CCCN1C(=O)OCc1ccccc1. The third-order valence-electron chi connectivity index (χ3n) is 3.71. The number of hydrogen-bond donors (Lipinski definition) is 0. The number of aromatic nitrogens is 1. The molecule has 2 heterocycles. The summed E-state index contributed by atoms with van der Waals surface area (Å²) in [5.74, 6) is -0.448. The Bertz CT molecular complexity index is 672. The van der Waals surface area contributed by atoms with Crippen molar-refractivity contribution in [3.05, 3.63) is 54.2 Å². The Morgan fingerprint density at radius 3 is 2.88 bits per heavy atom. The van der Waals surface area contributed by atoms with Crippen molar-refractivity contribution in [2.75, 3.05) is 6.54 Å². The van der Waals surface area contributed by atoms with Crippen molar-refractivity contribution in [2.24, 2.45) is 0 Å². The molecule has 1 aliphatic heterocycles. The van der Waals surface area contributed by atoms with Crippen LogP contribution in [-0.2, 0) is 27.3 Å². The topological polar surface area (TPSA) is 81.9 Å². The van der Waals surface area contributed by atoms with E-state index in [1.807, 2.05) is 30.3 Å². The quantitative estimate of drug-likeness (QED) is 0.784. The van der Waals surface area contributed by atoms with E-state index in [1.54, 1.807) is 0 Å². The van der Waals surface area contributed by atoms with Gasteiger partial charge in [-0.3, -0.25) is 9.69 Å². The largest absolute Gasteiger partial charge is 0.451 e. The molecule has 0 spiro atoms. The average Bonchev–Trinajstić information content (AvgIpc) is 3.25. The molecule has 126 valence electrons. The molecule has 7 nitrogen and oxygen atoms in total. The Labute approximate surface area is 139 Å². The van der Waals surface area contributed by atoms with Crippen molar-refractivity contribution >= 4 is 12.1 Å². The van der Waals surface area contributed by atoms with Gasteiger partial charge in [-0.1, -0.05) is 30.3 Å². The van der Waals surface area contributed by atoms with Gasteiger partial charge in [0.25, 0.3) is 0 Å². The maximum Gasteiger partial charge on any atom is 0.413 e. The van der Waals surface area contributed by atoms with Gasteiger partial charge in [-0.15, -0.1) is 0 Å². The van der Waals surface area contributed by atoms with Gasteiger partial charge >= 0.3 is 12.1 Å². The average molecular weight is 330 g/mol. The summed E-state index contributed by atoms with van der Waals surface area (Å²) in [7, 11) is 0. The lowest BCUT2D eigenvalue weighted by molar-refractivity contribution is -0.154.